The highest BCUT2D eigenvalue weighted by molar-refractivity contribution is 4.96. The number of aromatic nitrogens is 2. The number of nitrogens with one attached hydrogen (secondary N) is 1. The predicted octanol–water partition coefficient (Wildman–Crippen LogP) is 0.333. The SMILES string of the molecule is NCC1CCCN1Cc1cnc[nH]1. The minimum atomic E-state index is 0.572. The molecule has 0 spiro atoms. The number of H-pyrrole nitrogens is 1. The lowest BCUT2D eigenvalue weighted by molar-refractivity contribution is 0.247. The maximum Gasteiger partial charge on any atom is 0.0922 e. The van der Waals surface area contributed by atoms with E-state index in [0.29, 0.717) is 6.04 Å². The third kappa shape index (κ3) is 1.89. The van der Waals surface area contributed by atoms with Gasteiger partial charge in [-0.25, -0.2) is 4.98 Å². The Labute approximate surface area is 78.1 Å². The molecule has 1 aromatic heterocycles. The number of imidazole rings is 1. The third-order valence-electron chi connectivity index (χ3n) is 2.70. The zero-order valence-corrected chi connectivity index (χ0v) is 7.74. The van der Waals surface area contributed by atoms with Gasteiger partial charge in [-0.2, -0.15) is 0 Å². The van der Waals surface area contributed by atoms with Gasteiger partial charge in [0.15, 0.2) is 0 Å². The first-order valence-electron chi connectivity index (χ1n) is 4.81. The summed E-state index contributed by atoms with van der Waals surface area (Å²) in [6.07, 6.45) is 6.12. The molecular weight excluding hydrogens is 164 g/mol. The molecule has 1 aliphatic rings. The van der Waals surface area contributed by atoms with E-state index < -0.39 is 0 Å². The van der Waals surface area contributed by atoms with Crippen molar-refractivity contribution in [2.45, 2.75) is 25.4 Å². The van der Waals surface area contributed by atoms with Crippen molar-refractivity contribution in [1.29, 1.82) is 0 Å². The van der Waals surface area contributed by atoms with Crippen molar-refractivity contribution in [3.63, 3.8) is 0 Å². The standard InChI is InChI=1S/C9H16N4/c10-4-9-2-1-3-13(9)6-8-5-11-7-12-8/h5,7,9H,1-4,6,10H2,(H,11,12). The van der Waals surface area contributed by atoms with E-state index in [0.717, 1.165) is 13.1 Å². The fourth-order valence-corrected chi connectivity index (χ4v) is 1.96. The van der Waals surface area contributed by atoms with Gasteiger partial charge in [-0.1, -0.05) is 0 Å². The van der Waals surface area contributed by atoms with Crippen molar-refractivity contribution in [2.24, 2.45) is 5.73 Å². The van der Waals surface area contributed by atoms with Crippen molar-refractivity contribution in [3.05, 3.63) is 18.2 Å². The van der Waals surface area contributed by atoms with Crippen LogP contribution in [-0.2, 0) is 6.54 Å². The van der Waals surface area contributed by atoms with E-state index in [-0.39, 0.29) is 0 Å². The molecule has 0 aromatic carbocycles. The second kappa shape index (κ2) is 3.89. The van der Waals surface area contributed by atoms with Crippen molar-refractivity contribution in [1.82, 2.24) is 14.9 Å². The van der Waals surface area contributed by atoms with Crippen LogP contribution in [0.15, 0.2) is 12.5 Å². The molecule has 1 atom stereocenters. The largest absolute Gasteiger partial charge is 0.347 e. The van der Waals surface area contributed by atoms with Crippen molar-refractivity contribution < 1.29 is 0 Å². The van der Waals surface area contributed by atoms with E-state index >= 15 is 0 Å². The van der Waals surface area contributed by atoms with E-state index in [1.54, 1.807) is 6.33 Å². The number of nitrogens with two attached hydrogens (primary N) is 1. The van der Waals surface area contributed by atoms with Gasteiger partial charge in [-0.15, -0.1) is 0 Å². The topological polar surface area (TPSA) is 57.9 Å². The smallest absolute Gasteiger partial charge is 0.0922 e. The highest BCUT2D eigenvalue weighted by Crippen LogP contribution is 2.17. The van der Waals surface area contributed by atoms with E-state index in [4.69, 9.17) is 5.73 Å². The molecule has 0 amide bonds. The van der Waals surface area contributed by atoms with Gasteiger partial charge in [0, 0.05) is 31.0 Å². The molecule has 1 saturated heterocycles. The molecule has 0 aliphatic carbocycles. The van der Waals surface area contributed by atoms with Crippen LogP contribution in [-0.4, -0.2) is 34.0 Å². The summed E-state index contributed by atoms with van der Waals surface area (Å²) in [6.45, 7) is 2.90. The lowest BCUT2D eigenvalue weighted by Crippen LogP contribution is -2.34. The third-order valence-corrected chi connectivity index (χ3v) is 2.70. The number of rotatable bonds is 3. The summed E-state index contributed by atoms with van der Waals surface area (Å²) in [6, 6.07) is 0.572. The van der Waals surface area contributed by atoms with Crippen molar-refractivity contribution >= 4 is 0 Å². The fourth-order valence-electron chi connectivity index (χ4n) is 1.96. The Balaban J connectivity index is 1.94. The molecule has 3 N–H and O–H groups in total. The first-order valence-corrected chi connectivity index (χ1v) is 4.81. The van der Waals surface area contributed by atoms with Crippen LogP contribution in [0.1, 0.15) is 18.5 Å². The van der Waals surface area contributed by atoms with Crippen molar-refractivity contribution in [3.8, 4) is 0 Å². The average molecular weight is 180 g/mol. The molecule has 1 aliphatic heterocycles. The van der Waals surface area contributed by atoms with Crippen LogP contribution in [0.3, 0.4) is 0 Å². The molecule has 0 saturated carbocycles. The molecule has 4 heteroatoms. The van der Waals surface area contributed by atoms with Crippen LogP contribution >= 0.6 is 0 Å². The summed E-state index contributed by atoms with van der Waals surface area (Å²) in [4.78, 5) is 9.54. The Hall–Kier alpha value is -0.870. The normalized spacial score (nSPS) is 23.9. The summed E-state index contributed by atoms with van der Waals surface area (Å²) >= 11 is 0. The fraction of sp³-hybridized carbons (Fsp3) is 0.667. The molecule has 0 bridgehead atoms. The van der Waals surface area contributed by atoms with Gasteiger partial charge in [0.25, 0.3) is 0 Å². The van der Waals surface area contributed by atoms with Crippen LogP contribution in [0.5, 0.6) is 0 Å². The van der Waals surface area contributed by atoms with Gasteiger partial charge in [0.2, 0.25) is 0 Å². The zero-order chi connectivity index (χ0) is 9.10. The first kappa shape index (κ1) is 8.72. The Kier molecular flexibility index (Phi) is 2.61. The summed E-state index contributed by atoms with van der Waals surface area (Å²) in [5.41, 5.74) is 6.87. The zero-order valence-electron chi connectivity index (χ0n) is 7.74. The van der Waals surface area contributed by atoms with Crippen LogP contribution < -0.4 is 5.73 Å². The number of hydrogen-bond donors (Lipinski definition) is 2. The van der Waals surface area contributed by atoms with Crippen LogP contribution in [0.4, 0.5) is 0 Å². The highest BCUT2D eigenvalue weighted by atomic mass is 15.2. The number of nitrogens with zero attached hydrogens (tertiary/aromatic N) is 2. The Morgan fingerprint density at radius 1 is 1.69 bits per heavy atom. The molecule has 0 radical (unpaired) electrons. The second-order valence-corrected chi connectivity index (χ2v) is 3.58. The minimum absolute atomic E-state index is 0.572. The molecule has 1 aromatic rings. The van der Waals surface area contributed by atoms with Crippen molar-refractivity contribution in [2.75, 3.05) is 13.1 Å². The summed E-state index contributed by atoms with van der Waals surface area (Å²) in [5, 5.41) is 0. The Morgan fingerprint density at radius 3 is 3.31 bits per heavy atom. The molecule has 72 valence electrons. The average Bonchev–Trinajstić information content (AvgIpc) is 2.76. The van der Waals surface area contributed by atoms with E-state index in [9.17, 15) is 0 Å². The van der Waals surface area contributed by atoms with Crippen LogP contribution in [0.25, 0.3) is 0 Å². The summed E-state index contributed by atoms with van der Waals surface area (Å²) in [5.74, 6) is 0. The summed E-state index contributed by atoms with van der Waals surface area (Å²) in [7, 11) is 0. The first-order chi connectivity index (χ1) is 6.40. The molecule has 2 rings (SSSR count). The number of aromatic amines is 1. The molecule has 4 nitrogen and oxygen atoms in total. The minimum Gasteiger partial charge on any atom is -0.347 e. The lowest BCUT2D eigenvalue weighted by Gasteiger charge is -2.21. The monoisotopic (exact) mass is 180 g/mol. The molecule has 2 heterocycles. The molecule has 13 heavy (non-hydrogen) atoms. The lowest BCUT2D eigenvalue weighted by atomic mass is 10.2. The maximum atomic E-state index is 5.69. The number of likely N-dealkylation sites (tertiary alicyclic amines) is 1. The quantitative estimate of drug-likeness (QED) is 0.705. The van der Waals surface area contributed by atoms with Gasteiger partial charge < -0.3 is 10.7 Å². The highest BCUT2D eigenvalue weighted by Gasteiger charge is 2.22. The van der Waals surface area contributed by atoms with Gasteiger partial charge in [0.05, 0.1) is 6.33 Å². The van der Waals surface area contributed by atoms with E-state index in [2.05, 4.69) is 14.9 Å². The van der Waals surface area contributed by atoms with Gasteiger partial charge in [0.1, 0.15) is 0 Å². The van der Waals surface area contributed by atoms with Crippen LogP contribution in [0, 0.1) is 0 Å². The van der Waals surface area contributed by atoms with Gasteiger partial charge in [-0.3, -0.25) is 4.90 Å². The molecule has 1 unspecified atom stereocenters. The number of hydrogen-bond acceptors (Lipinski definition) is 3. The Morgan fingerprint density at radius 2 is 2.62 bits per heavy atom. The maximum absolute atomic E-state index is 5.69. The molecular formula is C9H16N4. The summed E-state index contributed by atoms with van der Waals surface area (Å²) < 4.78 is 0. The second-order valence-electron chi connectivity index (χ2n) is 3.58. The van der Waals surface area contributed by atoms with Gasteiger partial charge >= 0.3 is 0 Å². The van der Waals surface area contributed by atoms with E-state index in [1.807, 2.05) is 6.20 Å². The van der Waals surface area contributed by atoms with Gasteiger partial charge in [-0.05, 0) is 19.4 Å². The predicted molar refractivity (Wildman–Crippen MR) is 51.1 cm³/mol. The van der Waals surface area contributed by atoms with Crippen LogP contribution in [0.2, 0.25) is 0 Å². The Bertz CT molecular complexity index is 244. The van der Waals surface area contributed by atoms with E-state index in [1.165, 1.54) is 25.1 Å². The molecule has 1 fully saturated rings.